The van der Waals surface area contributed by atoms with Gasteiger partial charge in [0.1, 0.15) is 17.5 Å². The minimum atomic E-state index is 0.728. The molecule has 128 valence electrons. The van der Waals surface area contributed by atoms with E-state index >= 15 is 0 Å². The van der Waals surface area contributed by atoms with E-state index in [0.29, 0.717) is 0 Å². The van der Waals surface area contributed by atoms with Crippen molar-refractivity contribution in [3.63, 3.8) is 0 Å². The van der Waals surface area contributed by atoms with Crippen molar-refractivity contribution >= 4 is 28.9 Å². The summed E-state index contributed by atoms with van der Waals surface area (Å²) in [4.78, 5) is 8.91. The zero-order chi connectivity index (χ0) is 17.6. The monoisotopic (exact) mass is 352 g/mol. The molecule has 0 saturated heterocycles. The smallest absolute Gasteiger partial charge is 0.136 e. The molecule has 0 aliphatic rings. The molecule has 25 heavy (non-hydrogen) atoms. The van der Waals surface area contributed by atoms with Crippen LogP contribution in [0.15, 0.2) is 54.6 Å². The van der Waals surface area contributed by atoms with Crippen LogP contribution in [0.5, 0.6) is 0 Å². The van der Waals surface area contributed by atoms with Crippen molar-refractivity contribution in [2.24, 2.45) is 0 Å². The van der Waals surface area contributed by atoms with Crippen LogP contribution < -0.4 is 10.6 Å². The summed E-state index contributed by atoms with van der Waals surface area (Å²) in [5, 5.41) is 7.46. The molecule has 0 aliphatic carbocycles. The van der Waals surface area contributed by atoms with Gasteiger partial charge in [-0.2, -0.15) is 0 Å². The molecule has 0 radical (unpaired) electrons. The van der Waals surface area contributed by atoms with Crippen molar-refractivity contribution in [1.29, 1.82) is 0 Å². The lowest BCUT2D eigenvalue weighted by Crippen LogP contribution is -2.08. The first-order valence-electron chi connectivity index (χ1n) is 8.26. The highest BCUT2D eigenvalue weighted by molar-refractivity contribution is 6.30. The Morgan fingerprint density at radius 2 is 1.68 bits per heavy atom. The molecule has 3 aromatic rings. The maximum absolute atomic E-state index is 5.91. The molecule has 1 aromatic heterocycles. The highest BCUT2D eigenvalue weighted by Gasteiger charge is 2.03. The summed E-state index contributed by atoms with van der Waals surface area (Å²) in [6.45, 7) is 4.76. The number of benzene rings is 2. The van der Waals surface area contributed by atoms with E-state index in [4.69, 9.17) is 11.6 Å². The molecule has 0 fully saturated rings. The van der Waals surface area contributed by atoms with Crippen LogP contribution in [0, 0.1) is 13.8 Å². The number of halogens is 1. The van der Waals surface area contributed by atoms with Gasteiger partial charge >= 0.3 is 0 Å². The molecular formula is C20H21ClN4. The van der Waals surface area contributed by atoms with E-state index in [9.17, 15) is 0 Å². The van der Waals surface area contributed by atoms with Crippen molar-refractivity contribution in [2.75, 3.05) is 17.2 Å². The second-order valence-corrected chi connectivity index (χ2v) is 6.42. The van der Waals surface area contributed by atoms with Crippen LogP contribution in [0.25, 0.3) is 0 Å². The number of aromatic nitrogens is 2. The van der Waals surface area contributed by atoms with E-state index in [1.807, 2.05) is 49.4 Å². The van der Waals surface area contributed by atoms with Crippen LogP contribution in [0.4, 0.5) is 17.3 Å². The summed E-state index contributed by atoms with van der Waals surface area (Å²) in [7, 11) is 0. The average molecular weight is 353 g/mol. The van der Waals surface area contributed by atoms with Gasteiger partial charge in [-0.25, -0.2) is 9.97 Å². The molecule has 0 saturated carbocycles. The summed E-state index contributed by atoms with van der Waals surface area (Å²) in [5.41, 5.74) is 3.46. The second-order valence-electron chi connectivity index (χ2n) is 5.98. The lowest BCUT2D eigenvalue weighted by Gasteiger charge is -2.11. The van der Waals surface area contributed by atoms with Gasteiger partial charge in [-0.1, -0.05) is 35.9 Å². The number of aryl methyl sites for hydroxylation is 2. The van der Waals surface area contributed by atoms with E-state index in [-0.39, 0.29) is 0 Å². The number of anilines is 3. The number of rotatable bonds is 6. The lowest BCUT2D eigenvalue weighted by atomic mass is 10.1. The minimum Gasteiger partial charge on any atom is -0.370 e. The lowest BCUT2D eigenvalue weighted by molar-refractivity contribution is 0.983. The van der Waals surface area contributed by atoms with Crippen LogP contribution in [0.3, 0.4) is 0 Å². The van der Waals surface area contributed by atoms with Gasteiger partial charge in [-0.05, 0) is 55.7 Å². The third-order valence-corrected chi connectivity index (χ3v) is 4.01. The van der Waals surface area contributed by atoms with E-state index < -0.39 is 0 Å². The number of hydrogen-bond donors (Lipinski definition) is 2. The second kappa shape index (κ2) is 7.99. The molecule has 0 spiro atoms. The Hall–Kier alpha value is -2.59. The van der Waals surface area contributed by atoms with E-state index in [1.54, 1.807) is 0 Å². The first-order chi connectivity index (χ1) is 12.1. The van der Waals surface area contributed by atoms with Gasteiger partial charge in [0.15, 0.2) is 0 Å². The largest absolute Gasteiger partial charge is 0.370 e. The van der Waals surface area contributed by atoms with Crippen molar-refractivity contribution in [1.82, 2.24) is 9.97 Å². The average Bonchev–Trinajstić information content (AvgIpc) is 2.56. The summed E-state index contributed by atoms with van der Waals surface area (Å²) in [6, 6.07) is 18.0. The standard InChI is InChI=1S/C20H21ClN4/c1-14-4-3-5-18(12-14)25-20-13-19(23-15(2)24-20)22-11-10-16-6-8-17(21)9-7-16/h3-9,12-13H,10-11H2,1-2H3,(H2,22,23,24,25). The molecule has 0 unspecified atom stereocenters. The van der Waals surface area contributed by atoms with Crippen LogP contribution >= 0.6 is 11.6 Å². The van der Waals surface area contributed by atoms with Crippen molar-refractivity contribution in [2.45, 2.75) is 20.3 Å². The van der Waals surface area contributed by atoms with Gasteiger partial charge in [-0.3, -0.25) is 0 Å². The molecular weight excluding hydrogens is 332 g/mol. The minimum absolute atomic E-state index is 0.728. The fourth-order valence-electron chi connectivity index (χ4n) is 2.58. The fourth-order valence-corrected chi connectivity index (χ4v) is 2.70. The fraction of sp³-hybridized carbons (Fsp3) is 0.200. The zero-order valence-corrected chi connectivity index (χ0v) is 15.1. The van der Waals surface area contributed by atoms with Gasteiger partial charge in [0.25, 0.3) is 0 Å². The van der Waals surface area contributed by atoms with Crippen molar-refractivity contribution in [3.05, 3.63) is 76.6 Å². The Bertz CT molecular complexity index is 847. The predicted octanol–water partition coefficient (Wildman–Crippen LogP) is 5.15. The quantitative estimate of drug-likeness (QED) is 0.644. The first kappa shape index (κ1) is 17.2. The topological polar surface area (TPSA) is 49.8 Å². The SMILES string of the molecule is Cc1cccc(Nc2cc(NCCc3ccc(Cl)cc3)nc(C)n2)c1. The molecule has 1 heterocycles. The van der Waals surface area contributed by atoms with Crippen molar-refractivity contribution < 1.29 is 0 Å². The molecule has 2 aromatic carbocycles. The summed E-state index contributed by atoms with van der Waals surface area (Å²) < 4.78 is 0. The Labute approximate surface area is 153 Å². The molecule has 5 heteroatoms. The van der Waals surface area contributed by atoms with Crippen LogP contribution in [0.1, 0.15) is 17.0 Å². The van der Waals surface area contributed by atoms with E-state index in [2.05, 4.69) is 39.7 Å². The molecule has 0 aliphatic heterocycles. The van der Waals surface area contributed by atoms with Gasteiger partial charge in [0.05, 0.1) is 0 Å². The van der Waals surface area contributed by atoms with Crippen LogP contribution in [-0.2, 0) is 6.42 Å². The Kier molecular flexibility index (Phi) is 5.51. The predicted molar refractivity (Wildman–Crippen MR) is 105 cm³/mol. The normalized spacial score (nSPS) is 10.5. The molecule has 3 rings (SSSR count). The molecule has 4 nitrogen and oxygen atoms in total. The van der Waals surface area contributed by atoms with E-state index in [0.717, 1.165) is 41.1 Å². The molecule has 0 amide bonds. The third-order valence-electron chi connectivity index (χ3n) is 3.76. The summed E-state index contributed by atoms with van der Waals surface area (Å²) in [5.74, 6) is 2.33. The molecule has 0 bridgehead atoms. The number of nitrogens with one attached hydrogen (secondary N) is 2. The first-order valence-corrected chi connectivity index (χ1v) is 8.64. The van der Waals surface area contributed by atoms with Gasteiger partial charge in [0.2, 0.25) is 0 Å². The van der Waals surface area contributed by atoms with Gasteiger partial charge in [0, 0.05) is 23.3 Å². The van der Waals surface area contributed by atoms with Gasteiger partial charge < -0.3 is 10.6 Å². The number of nitrogens with zero attached hydrogens (tertiary/aromatic N) is 2. The highest BCUT2D eigenvalue weighted by Crippen LogP contribution is 2.18. The molecule has 2 N–H and O–H groups in total. The Morgan fingerprint density at radius 3 is 2.44 bits per heavy atom. The maximum Gasteiger partial charge on any atom is 0.136 e. The Morgan fingerprint density at radius 1 is 0.920 bits per heavy atom. The molecule has 0 atom stereocenters. The highest BCUT2D eigenvalue weighted by atomic mass is 35.5. The number of hydrogen-bond acceptors (Lipinski definition) is 4. The van der Waals surface area contributed by atoms with Crippen LogP contribution in [-0.4, -0.2) is 16.5 Å². The summed E-state index contributed by atoms with van der Waals surface area (Å²) in [6.07, 6.45) is 0.904. The van der Waals surface area contributed by atoms with Crippen LogP contribution in [0.2, 0.25) is 5.02 Å². The zero-order valence-electron chi connectivity index (χ0n) is 14.4. The summed E-state index contributed by atoms with van der Waals surface area (Å²) >= 11 is 5.91. The third kappa shape index (κ3) is 5.19. The van der Waals surface area contributed by atoms with Gasteiger partial charge in [-0.15, -0.1) is 0 Å². The maximum atomic E-state index is 5.91. The van der Waals surface area contributed by atoms with Crippen molar-refractivity contribution in [3.8, 4) is 0 Å². The van der Waals surface area contributed by atoms with E-state index in [1.165, 1.54) is 11.1 Å². The Balaban J connectivity index is 1.63.